The molecule has 1 aliphatic carbocycles. The molecule has 1 fully saturated rings. The number of carboxylic acids is 1. The van der Waals surface area contributed by atoms with Crippen molar-refractivity contribution < 1.29 is 33.0 Å². The summed E-state index contributed by atoms with van der Waals surface area (Å²) in [5, 5.41) is 21.2. The first-order chi connectivity index (χ1) is 14.7. The van der Waals surface area contributed by atoms with Gasteiger partial charge in [0, 0.05) is 11.8 Å². The second kappa shape index (κ2) is 9.82. The minimum Gasteiger partial charge on any atom is -0.507 e. The van der Waals surface area contributed by atoms with Gasteiger partial charge in [0.05, 0.1) is 5.75 Å². The average molecular weight is 448 g/mol. The van der Waals surface area contributed by atoms with Crippen molar-refractivity contribution in [1.29, 1.82) is 0 Å². The fourth-order valence-corrected chi connectivity index (χ4v) is 5.46. The highest BCUT2D eigenvalue weighted by molar-refractivity contribution is 7.91. The first-order valence-corrected chi connectivity index (χ1v) is 11.7. The normalized spacial score (nSPS) is 14.7. The third-order valence-corrected chi connectivity index (χ3v) is 7.04. The number of nitrogens with one attached hydrogen (secondary N) is 1. The van der Waals surface area contributed by atoms with Crippen molar-refractivity contribution in [2.24, 2.45) is 5.92 Å². The van der Waals surface area contributed by atoms with E-state index in [0.29, 0.717) is 11.4 Å². The molecule has 3 N–H and O–H groups in total. The Morgan fingerprint density at radius 1 is 1.00 bits per heavy atom. The number of carbonyl (C=O) groups is 2. The monoisotopic (exact) mass is 447 g/mol. The number of hydrogen-bond donors (Lipinski definition) is 3. The number of anilines is 1. The standard InChI is InChI=1S/C22H25NO7S/c24-19-11-10-18(12-20(19)31(28,29)14-15-4-2-1-3-5-15)30-17-8-6-16(7-9-17)23-21(25)13-22(26)27/h6-12,15,24H,1-5,13-14H2,(H,23,25)(H,26,27). The smallest absolute Gasteiger partial charge is 0.312 e. The molecule has 3 rings (SSSR count). The number of sulfone groups is 1. The van der Waals surface area contributed by atoms with E-state index in [1.165, 1.54) is 30.3 Å². The maximum Gasteiger partial charge on any atom is 0.312 e. The molecule has 2 aromatic rings. The van der Waals surface area contributed by atoms with Gasteiger partial charge in [-0.1, -0.05) is 19.3 Å². The summed E-state index contributed by atoms with van der Waals surface area (Å²) >= 11 is 0. The van der Waals surface area contributed by atoms with Gasteiger partial charge in [-0.15, -0.1) is 0 Å². The van der Waals surface area contributed by atoms with E-state index >= 15 is 0 Å². The lowest BCUT2D eigenvalue weighted by molar-refractivity contribution is -0.139. The number of carboxylic acid groups (broad SMARTS) is 1. The first kappa shape index (κ1) is 22.6. The molecule has 0 saturated heterocycles. The fourth-order valence-electron chi connectivity index (χ4n) is 3.65. The minimum absolute atomic E-state index is 0.00868. The predicted molar refractivity (Wildman–Crippen MR) is 114 cm³/mol. The zero-order valence-corrected chi connectivity index (χ0v) is 17.7. The number of amides is 1. The maximum absolute atomic E-state index is 12.9. The maximum atomic E-state index is 12.9. The van der Waals surface area contributed by atoms with Crippen molar-refractivity contribution in [3.05, 3.63) is 42.5 Å². The number of carbonyl (C=O) groups excluding carboxylic acids is 1. The van der Waals surface area contributed by atoms with Crippen LogP contribution in [0.1, 0.15) is 38.5 Å². The van der Waals surface area contributed by atoms with Crippen molar-refractivity contribution in [2.45, 2.75) is 43.4 Å². The highest BCUT2D eigenvalue weighted by Gasteiger charge is 2.26. The van der Waals surface area contributed by atoms with E-state index in [4.69, 9.17) is 9.84 Å². The number of phenols is 1. The number of benzene rings is 2. The van der Waals surface area contributed by atoms with Crippen LogP contribution in [-0.4, -0.2) is 36.3 Å². The molecule has 8 nitrogen and oxygen atoms in total. The van der Waals surface area contributed by atoms with Crippen LogP contribution in [0.3, 0.4) is 0 Å². The zero-order valence-electron chi connectivity index (χ0n) is 16.9. The Bertz CT molecular complexity index is 1040. The molecular weight excluding hydrogens is 422 g/mol. The summed E-state index contributed by atoms with van der Waals surface area (Å²) in [6, 6.07) is 10.3. The van der Waals surface area contributed by atoms with Gasteiger partial charge in [0.2, 0.25) is 5.91 Å². The fraction of sp³-hybridized carbons (Fsp3) is 0.364. The van der Waals surface area contributed by atoms with Gasteiger partial charge in [-0.3, -0.25) is 9.59 Å². The van der Waals surface area contributed by atoms with E-state index < -0.39 is 28.1 Å². The van der Waals surface area contributed by atoms with E-state index in [1.807, 2.05) is 0 Å². The molecule has 31 heavy (non-hydrogen) atoms. The lowest BCUT2D eigenvalue weighted by Crippen LogP contribution is -2.19. The Hall–Kier alpha value is -3.07. The molecule has 0 aromatic heterocycles. The second-order valence-electron chi connectivity index (χ2n) is 7.66. The Kier molecular flexibility index (Phi) is 7.17. The largest absolute Gasteiger partial charge is 0.507 e. The van der Waals surface area contributed by atoms with Crippen molar-refractivity contribution in [3.63, 3.8) is 0 Å². The van der Waals surface area contributed by atoms with Crippen LogP contribution in [0.25, 0.3) is 0 Å². The number of aromatic hydroxyl groups is 1. The van der Waals surface area contributed by atoms with Crippen LogP contribution in [0.2, 0.25) is 0 Å². The number of aliphatic carboxylic acids is 1. The van der Waals surface area contributed by atoms with Gasteiger partial charge < -0.3 is 20.3 Å². The average Bonchev–Trinajstić information content (AvgIpc) is 2.70. The summed E-state index contributed by atoms with van der Waals surface area (Å²) < 4.78 is 31.4. The molecule has 1 amide bonds. The van der Waals surface area contributed by atoms with Crippen LogP contribution in [0.5, 0.6) is 17.2 Å². The molecular formula is C22H25NO7S. The molecule has 9 heteroatoms. The molecule has 1 saturated carbocycles. The van der Waals surface area contributed by atoms with Gasteiger partial charge >= 0.3 is 5.97 Å². The number of ether oxygens (including phenoxy) is 1. The summed E-state index contributed by atoms with van der Waals surface area (Å²) in [7, 11) is -3.66. The van der Waals surface area contributed by atoms with Gasteiger partial charge in [-0.2, -0.15) is 0 Å². The van der Waals surface area contributed by atoms with Crippen LogP contribution in [0, 0.1) is 5.92 Å². The van der Waals surface area contributed by atoms with Gasteiger partial charge in [-0.25, -0.2) is 8.42 Å². The Labute approximate surface area is 180 Å². The molecule has 0 bridgehead atoms. The highest BCUT2D eigenvalue weighted by Crippen LogP contribution is 2.34. The van der Waals surface area contributed by atoms with E-state index in [0.717, 1.165) is 32.1 Å². The van der Waals surface area contributed by atoms with Crippen LogP contribution < -0.4 is 10.1 Å². The van der Waals surface area contributed by atoms with Crippen molar-refractivity contribution in [2.75, 3.05) is 11.1 Å². The summed E-state index contributed by atoms with van der Waals surface area (Å²) in [5.74, 6) is -1.42. The van der Waals surface area contributed by atoms with E-state index in [1.54, 1.807) is 12.1 Å². The third kappa shape index (κ3) is 6.45. The lowest BCUT2D eigenvalue weighted by atomic mass is 9.91. The third-order valence-electron chi connectivity index (χ3n) is 5.13. The quantitative estimate of drug-likeness (QED) is 0.522. The van der Waals surface area contributed by atoms with Crippen LogP contribution in [0.15, 0.2) is 47.4 Å². The van der Waals surface area contributed by atoms with E-state index in [9.17, 15) is 23.1 Å². The molecule has 0 atom stereocenters. The minimum atomic E-state index is -3.66. The van der Waals surface area contributed by atoms with Crippen LogP contribution >= 0.6 is 0 Å². The summed E-state index contributed by atoms with van der Waals surface area (Å²) in [4.78, 5) is 21.9. The van der Waals surface area contributed by atoms with E-state index in [-0.39, 0.29) is 28.1 Å². The molecule has 0 radical (unpaired) electrons. The number of phenolic OH excluding ortho intramolecular Hbond substituents is 1. The second-order valence-corrected chi connectivity index (χ2v) is 9.66. The summed E-state index contributed by atoms with van der Waals surface area (Å²) in [6.07, 6.45) is 4.32. The predicted octanol–water partition coefficient (Wildman–Crippen LogP) is 3.95. The SMILES string of the molecule is O=C(O)CC(=O)Nc1ccc(Oc2ccc(O)c(S(=O)(=O)CC3CCCCC3)c2)cc1. The van der Waals surface area contributed by atoms with Crippen LogP contribution in [0.4, 0.5) is 5.69 Å². The molecule has 2 aromatic carbocycles. The Morgan fingerprint density at radius 2 is 1.65 bits per heavy atom. The molecule has 0 aliphatic heterocycles. The Morgan fingerprint density at radius 3 is 2.29 bits per heavy atom. The molecule has 1 aliphatic rings. The molecule has 0 spiro atoms. The summed E-state index contributed by atoms with van der Waals surface area (Å²) in [6.45, 7) is 0. The Balaban J connectivity index is 1.70. The number of rotatable bonds is 8. The van der Waals surface area contributed by atoms with Gasteiger partial charge in [0.25, 0.3) is 0 Å². The molecule has 0 unspecified atom stereocenters. The van der Waals surface area contributed by atoms with Crippen molar-refractivity contribution in [1.82, 2.24) is 0 Å². The van der Waals surface area contributed by atoms with Crippen molar-refractivity contribution >= 4 is 27.4 Å². The van der Waals surface area contributed by atoms with Gasteiger partial charge in [0.1, 0.15) is 28.6 Å². The lowest BCUT2D eigenvalue weighted by Gasteiger charge is -2.21. The highest BCUT2D eigenvalue weighted by atomic mass is 32.2. The van der Waals surface area contributed by atoms with Crippen molar-refractivity contribution in [3.8, 4) is 17.2 Å². The molecule has 0 heterocycles. The first-order valence-electron chi connectivity index (χ1n) is 10.1. The topological polar surface area (TPSA) is 130 Å². The number of hydrogen-bond acceptors (Lipinski definition) is 6. The van der Waals surface area contributed by atoms with Gasteiger partial charge in [0.15, 0.2) is 9.84 Å². The molecule has 166 valence electrons. The zero-order chi connectivity index (χ0) is 22.4. The van der Waals surface area contributed by atoms with Crippen LogP contribution in [-0.2, 0) is 19.4 Å². The summed E-state index contributed by atoms with van der Waals surface area (Å²) in [5.41, 5.74) is 0.403. The van der Waals surface area contributed by atoms with E-state index in [2.05, 4.69) is 5.32 Å². The van der Waals surface area contributed by atoms with Gasteiger partial charge in [-0.05, 0) is 55.2 Å².